The average molecular weight is 444 g/mol. The van der Waals surface area contributed by atoms with Crippen LogP contribution in [0.4, 0.5) is 0 Å². The number of ether oxygens (including phenoxy) is 3. The minimum Gasteiger partial charge on any atom is -0.496 e. The molecule has 0 aliphatic carbocycles. The number of nitrogens with zero attached hydrogens (tertiary/aromatic N) is 3. The van der Waals surface area contributed by atoms with Crippen LogP contribution in [0.5, 0.6) is 17.2 Å². The summed E-state index contributed by atoms with van der Waals surface area (Å²) in [5.41, 5.74) is 3.80. The zero-order valence-corrected chi connectivity index (χ0v) is 18.6. The third kappa shape index (κ3) is 4.64. The first-order valence-electron chi connectivity index (χ1n) is 10.3. The highest BCUT2D eigenvalue weighted by atomic mass is 16.5. The fourth-order valence-electron chi connectivity index (χ4n) is 3.48. The third-order valence-corrected chi connectivity index (χ3v) is 5.15. The summed E-state index contributed by atoms with van der Waals surface area (Å²) in [4.78, 5) is 17.2. The van der Waals surface area contributed by atoms with Crippen molar-refractivity contribution in [1.82, 2.24) is 20.1 Å². The maximum atomic E-state index is 13.1. The van der Waals surface area contributed by atoms with Crippen molar-refractivity contribution in [3.63, 3.8) is 0 Å². The molecule has 0 aliphatic heterocycles. The lowest BCUT2D eigenvalue weighted by Gasteiger charge is -2.14. The van der Waals surface area contributed by atoms with Gasteiger partial charge in [-0.2, -0.15) is 5.10 Å². The third-order valence-electron chi connectivity index (χ3n) is 5.15. The molecule has 2 aromatic carbocycles. The van der Waals surface area contributed by atoms with Gasteiger partial charge in [-0.3, -0.25) is 9.78 Å². The number of carbonyl (C=O) groups excluding carboxylic acids is 1. The molecule has 0 aliphatic rings. The molecule has 4 rings (SSSR count). The van der Waals surface area contributed by atoms with Crippen molar-refractivity contribution in [3.8, 4) is 34.2 Å². The van der Waals surface area contributed by atoms with Gasteiger partial charge in [0.15, 0.2) is 11.5 Å². The fourth-order valence-corrected chi connectivity index (χ4v) is 3.48. The van der Waals surface area contributed by atoms with Gasteiger partial charge in [0.2, 0.25) is 0 Å². The predicted molar refractivity (Wildman–Crippen MR) is 124 cm³/mol. The number of para-hydroxylation sites is 1. The van der Waals surface area contributed by atoms with E-state index in [4.69, 9.17) is 19.3 Å². The summed E-state index contributed by atoms with van der Waals surface area (Å²) in [7, 11) is 4.55. The Hall–Kier alpha value is -4.33. The van der Waals surface area contributed by atoms with Crippen LogP contribution in [0.1, 0.15) is 15.9 Å². The summed E-state index contributed by atoms with van der Waals surface area (Å²) in [6, 6.07) is 16.8. The number of carbonyl (C=O) groups is 1. The SMILES string of the molecule is COc1cc(OC)c(C(=O)NCc2cn(-c3ccccc3)nc2-c2ccncc2)cc1OC. The number of nitrogens with one attached hydrogen (secondary N) is 1. The Morgan fingerprint density at radius 2 is 1.58 bits per heavy atom. The molecule has 0 atom stereocenters. The van der Waals surface area contributed by atoms with E-state index in [-0.39, 0.29) is 12.5 Å². The minimum absolute atomic E-state index is 0.265. The summed E-state index contributed by atoms with van der Waals surface area (Å²) in [5, 5.41) is 7.73. The van der Waals surface area contributed by atoms with Crippen molar-refractivity contribution in [2.45, 2.75) is 6.54 Å². The number of methoxy groups -OCH3 is 3. The van der Waals surface area contributed by atoms with Gasteiger partial charge in [0.1, 0.15) is 5.75 Å². The van der Waals surface area contributed by atoms with E-state index in [0.717, 1.165) is 22.5 Å². The smallest absolute Gasteiger partial charge is 0.255 e. The van der Waals surface area contributed by atoms with Crippen LogP contribution in [0.25, 0.3) is 16.9 Å². The molecule has 0 unspecified atom stereocenters. The fraction of sp³-hybridized carbons (Fsp3) is 0.160. The van der Waals surface area contributed by atoms with Gasteiger partial charge in [-0.25, -0.2) is 4.68 Å². The molecule has 0 saturated heterocycles. The quantitative estimate of drug-likeness (QED) is 0.444. The van der Waals surface area contributed by atoms with Gasteiger partial charge in [0, 0.05) is 48.4 Å². The van der Waals surface area contributed by atoms with E-state index in [0.29, 0.717) is 22.8 Å². The van der Waals surface area contributed by atoms with Gasteiger partial charge < -0.3 is 19.5 Å². The van der Waals surface area contributed by atoms with Crippen molar-refractivity contribution in [2.24, 2.45) is 0 Å². The average Bonchev–Trinajstić information content (AvgIpc) is 3.31. The largest absolute Gasteiger partial charge is 0.496 e. The van der Waals surface area contributed by atoms with Crippen LogP contribution in [0.3, 0.4) is 0 Å². The lowest BCUT2D eigenvalue weighted by atomic mass is 10.1. The molecular weight excluding hydrogens is 420 g/mol. The molecule has 2 heterocycles. The standard InChI is InChI=1S/C25H24N4O4/c1-31-21-14-23(33-3)22(32-2)13-20(21)25(30)27-15-18-16-29(19-7-5-4-6-8-19)28-24(18)17-9-11-26-12-10-17/h4-14,16H,15H2,1-3H3,(H,27,30). The topological polar surface area (TPSA) is 87.5 Å². The van der Waals surface area contributed by atoms with Gasteiger partial charge >= 0.3 is 0 Å². The van der Waals surface area contributed by atoms with E-state index in [9.17, 15) is 4.79 Å². The zero-order valence-electron chi connectivity index (χ0n) is 18.6. The predicted octanol–water partition coefficient (Wildman–Crippen LogP) is 3.89. The van der Waals surface area contributed by atoms with E-state index >= 15 is 0 Å². The van der Waals surface area contributed by atoms with Crippen molar-refractivity contribution >= 4 is 5.91 Å². The molecule has 1 N–H and O–H groups in total. The lowest BCUT2D eigenvalue weighted by Crippen LogP contribution is -2.23. The second kappa shape index (κ2) is 9.86. The highest BCUT2D eigenvalue weighted by molar-refractivity contribution is 5.97. The molecule has 1 amide bonds. The van der Waals surface area contributed by atoms with Crippen molar-refractivity contribution in [2.75, 3.05) is 21.3 Å². The van der Waals surface area contributed by atoms with Crippen LogP contribution in [0.15, 0.2) is 73.2 Å². The summed E-state index contributed by atoms with van der Waals surface area (Å²) in [5.74, 6) is 1.01. The Morgan fingerprint density at radius 1 is 0.909 bits per heavy atom. The van der Waals surface area contributed by atoms with Gasteiger partial charge in [0.05, 0.1) is 38.3 Å². The van der Waals surface area contributed by atoms with Crippen LogP contribution in [0, 0.1) is 0 Å². The van der Waals surface area contributed by atoms with E-state index in [1.165, 1.54) is 21.3 Å². The molecule has 8 heteroatoms. The molecule has 0 radical (unpaired) electrons. The van der Waals surface area contributed by atoms with Gasteiger partial charge in [0.25, 0.3) is 5.91 Å². The van der Waals surface area contributed by atoms with Crippen LogP contribution < -0.4 is 19.5 Å². The first-order valence-corrected chi connectivity index (χ1v) is 10.3. The van der Waals surface area contributed by atoms with Crippen LogP contribution in [0.2, 0.25) is 0 Å². The second-order valence-corrected chi connectivity index (χ2v) is 7.11. The summed E-state index contributed by atoms with van der Waals surface area (Å²) in [6.45, 7) is 0.265. The Kier molecular flexibility index (Phi) is 6.54. The second-order valence-electron chi connectivity index (χ2n) is 7.11. The molecule has 8 nitrogen and oxygen atoms in total. The number of benzene rings is 2. The summed E-state index contributed by atoms with van der Waals surface area (Å²) in [6.07, 6.45) is 5.35. The monoisotopic (exact) mass is 444 g/mol. The number of pyridine rings is 1. The Morgan fingerprint density at radius 3 is 2.24 bits per heavy atom. The first-order chi connectivity index (χ1) is 16.1. The Labute approximate surface area is 191 Å². The Balaban J connectivity index is 1.64. The molecule has 0 saturated carbocycles. The first kappa shape index (κ1) is 21.9. The highest BCUT2D eigenvalue weighted by Crippen LogP contribution is 2.34. The maximum absolute atomic E-state index is 13.1. The van der Waals surface area contributed by atoms with E-state index < -0.39 is 0 Å². The van der Waals surface area contributed by atoms with E-state index in [1.54, 1.807) is 29.2 Å². The maximum Gasteiger partial charge on any atom is 0.255 e. The van der Waals surface area contributed by atoms with E-state index in [1.807, 2.05) is 48.7 Å². The van der Waals surface area contributed by atoms with Gasteiger partial charge in [-0.15, -0.1) is 0 Å². The van der Waals surface area contributed by atoms with Gasteiger partial charge in [-0.05, 0) is 24.3 Å². The number of rotatable bonds is 8. The van der Waals surface area contributed by atoms with E-state index in [2.05, 4.69) is 10.3 Å². The minimum atomic E-state index is -0.305. The highest BCUT2D eigenvalue weighted by Gasteiger charge is 2.19. The number of amides is 1. The molecule has 33 heavy (non-hydrogen) atoms. The molecule has 0 bridgehead atoms. The normalized spacial score (nSPS) is 10.5. The molecule has 0 fully saturated rings. The summed E-state index contributed by atoms with van der Waals surface area (Å²) >= 11 is 0. The number of hydrogen-bond donors (Lipinski definition) is 1. The van der Waals surface area contributed by atoms with Crippen LogP contribution in [-0.2, 0) is 6.54 Å². The molecule has 2 aromatic heterocycles. The molecular formula is C25H24N4O4. The number of hydrogen-bond acceptors (Lipinski definition) is 6. The van der Waals surface area contributed by atoms with Crippen molar-refractivity contribution in [1.29, 1.82) is 0 Å². The number of aromatic nitrogens is 3. The zero-order chi connectivity index (χ0) is 23.2. The van der Waals surface area contributed by atoms with Crippen LogP contribution >= 0.6 is 0 Å². The molecule has 168 valence electrons. The van der Waals surface area contributed by atoms with Crippen molar-refractivity contribution in [3.05, 3.63) is 84.3 Å². The van der Waals surface area contributed by atoms with Gasteiger partial charge in [-0.1, -0.05) is 18.2 Å². The summed E-state index contributed by atoms with van der Waals surface area (Å²) < 4.78 is 17.8. The van der Waals surface area contributed by atoms with Crippen molar-refractivity contribution < 1.29 is 19.0 Å². The molecule has 4 aromatic rings. The van der Waals surface area contributed by atoms with Crippen LogP contribution in [-0.4, -0.2) is 42.0 Å². The lowest BCUT2D eigenvalue weighted by molar-refractivity contribution is 0.0947. The molecule has 0 spiro atoms. The Bertz CT molecular complexity index is 1240.